The lowest BCUT2D eigenvalue weighted by Gasteiger charge is -2.09. The summed E-state index contributed by atoms with van der Waals surface area (Å²) >= 11 is 6.06. The Balaban J connectivity index is 1.97. The van der Waals surface area contributed by atoms with E-state index in [2.05, 4.69) is 34.4 Å². The molecule has 0 aliphatic heterocycles. The second-order valence-corrected chi connectivity index (χ2v) is 5.74. The van der Waals surface area contributed by atoms with E-state index >= 15 is 0 Å². The molecule has 1 aromatic carbocycles. The summed E-state index contributed by atoms with van der Waals surface area (Å²) in [4.78, 5) is 20.3. The number of amides is 1. The van der Waals surface area contributed by atoms with Crippen LogP contribution in [0.4, 0.5) is 5.82 Å². The fourth-order valence-electron chi connectivity index (χ4n) is 1.79. The third-order valence-corrected chi connectivity index (χ3v) is 3.36. The molecule has 0 atom stereocenters. The van der Waals surface area contributed by atoms with E-state index in [1.807, 2.05) is 18.2 Å². The van der Waals surface area contributed by atoms with Gasteiger partial charge in [0.15, 0.2) is 0 Å². The summed E-state index contributed by atoms with van der Waals surface area (Å²) in [7, 11) is 0. The van der Waals surface area contributed by atoms with Crippen molar-refractivity contribution in [2.45, 2.75) is 20.4 Å². The molecule has 0 aliphatic carbocycles. The second kappa shape index (κ2) is 7.75. The zero-order valence-corrected chi connectivity index (χ0v) is 13.4. The van der Waals surface area contributed by atoms with Crippen LogP contribution in [0.1, 0.15) is 29.9 Å². The molecule has 0 spiro atoms. The van der Waals surface area contributed by atoms with Crippen LogP contribution in [0.15, 0.2) is 36.7 Å². The molecule has 0 saturated heterocycles. The quantitative estimate of drug-likeness (QED) is 0.858. The molecule has 0 unspecified atom stereocenters. The maximum absolute atomic E-state index is 12.1. The van der Waals surface area contributed by atoms with Gasteiger partial charge in [-0.2, -0.15) is 0 Å². The summed E-state index contributed by atoms with van der Waals surface area (Å²) < 4.78 is 0. The maximum Gasteiger partial charge on any atom is 0.270 e. The molecule has 1 aromatic heterocycles. The van der Waals surface area contributed by atoms with Gasteiger partial charge < -0.3 is 10.6 Å². The summed E-state index contributed by atoms with van der Waals surface area (Å²) in [6.07, 6.45) is 1.38. The largest absolute Gasteiger partial charge is 0.370 e. The van der Waals surface area contributed by atoms with Crippen LogP contribution < -0.4 is 10.6 Å². The van der Waals surface area contributed by atoms with Gasteiger partial charge in [-0.05, 0) is 17.5 Å². The normalized spacial score (nSPS) is 10.5. The van der Waals surface area contributed by atoms with Crippen LogP contribution in [0.3, 0.4) is 0 Å². The second-order valence-electron chi connectivity index (χ2n) is 5.34. The lowest BCUT2D eigenvalue weighted by atomic mass is 10.2. The fourth-order valence-corrected chi connectivity index (χ4v) is 2.00. The smallest absolute Gasteiger partial charge is 0.270 e. The highest BCUT2D eigenvalue weighted by Gasteiger charge is 2.09. The molecule has 6 heteroatoms. The zero-order valence-electron chi connectivity index (χ0n) is 12.6. The van der Waals surface area contributed by atoms with Crippen LogP contribution in [0, 0.1) is 5.92 Å². The predicted molar refractivity (Wildman–Crippen MR) is 88.0 cm³/mol. The zero-order chi connectivity index (χ0) is 15.9. The Kier molecular flexibility index (Phi) is 5.72. The van der Waals surface area contributed by atoms with E-state index in [-0.39, 0.29) is 5.91 Å². The van der Waals surface area contributed by atoms with Crippen molar-refractivity contribution in [2.24, 2.45) is 5.92 Å². The number of halogens is 1. The molecule has 5 nitrogen and oxygen atoms in total. The van der Waals surface area contributed by atoms with Gasteiger partial charge in [-0.25, -0.2) is 9.97 Å². The summed E-state index contributed by atoms with van der Waals surface area (Å²) in [5.41, 5.74) is 1.19. The number of carbonyl (C=O) groups is 1. The molecule has 1 heterocycles. The molecule has 2 aromatic rings. The molecular weight excluding hydrogens is 300 g/mol. The van der Waals surface area contributed by atoms with E-state index in [0.29, 0.717) is 29.0 Å². The number of aromatic nitrogens is 2. The lowest BCUT2D eigenvalue weighted by Crippen LogP contribution is -2.24. The topological polar surface area (TPSA) is 66.9 Å². The van der Waals surface area contributed by atoms with Crippen LogP contribution >= 0.6 is 11.6 Å². The standard InChI is InChI=1S/C16H19ClN4O/c1-11(2)8-18-15-7-14(20-10-21-15)16(22)19-9-12-5-3-4-6-13(12)17/h3-7,10-11H,8-9H2,1-2H3,(H,19,22)(H,18,20,21). The third kappa shape index (κ3) is 4.70. The van der Waals surface area contributed by atoms with Gasteiger partial charge >= 0.3 is 0 Å². The number of carbonyl (C=O) groups excluding carboxylic acids is 1. The number of hydrogen-bond acceptors (Lipinski definition) is 4. The van der Waals surface area contributed by atoms with E-state index in [1.165, 1.54) is 6.33 Å². The van der Waals surface area contributed by atoms with E-state index in [9.17, 15) is 4.79 Å². The van der Waals surface area contributed by atoms with Gasteiger partial charge in [0.2, 0.25) is 0 Å². The predicted octanol–water partition coefficient (Wildman–Crippen LogP) is 3.13. The van der Waals surface area contributed by atoms with Crippen LogP contribution in [0.25, 0.3) is 0 Å². The SMILES string of the molecule is CC(C)CNc1cc(C(=O)NCc2ccccc2Cl)ncn1. The highest BCUT2D eigenvalue weighted by atomic mass is 35.5. The number of hydrogen-bond donors (Lipinski definition) is 2. The van der Waals surface area contributed by atoms with Crippen molar-refractivity contribution in [3.63, 3.8) is 0 Å². The third-order valence-electron chi connectivity index (χ3n) is 2.99. The van der Waals surface area contributed by atoms with E-state index in [0.717, 1.165) is 12.1 Å². The Hall–Kier alpha value is -2.14. The number of nitrogens with one attached hydrogen (secondary N) is 2. The van der Waals surface area contributed by atoms with Crippen LogP contribution in [-0.4, -0.2) is 22.4 Å². The average Bonchev–Trinajstić information content (AvgIpc) is 2.52. The first-order valence-electron chi connectivity index (χ1n) is 7.14. The Morgan fingerprint density at radius 3 is 2.77 bits per heavy atom. The first-order chi connectivity index (χ1) is 10.6. The Labute approximate surface area is 135 Å². The molecule has 2 N–H and O–H groups in total. The van der Waals surface area contributed by atoms with Gasteiger partial charge in [-0.1, -0.05) is 43.6 Å². The van der Waals surface area contributed by atoms with Gasteiger partial charge in [-0.3, -0.25) is 4.79 Å². The average molecular weight is 319 g/mol. The molecule has 0 saturated carbocycles. The van der Waals surface area contributed by atoms with Crippen LogP contribution in [-0.2, 0) is 6.54 Å². The fraction of sp³-hybridized carbons (Fsp3) is 0.312. The molecule has 0 radical (unpaired) electrons. The highest BCUT2D eigenvalue weighted by Crippen LogP contribution is 2.14. The molecular formula is C16H19ClN4O. The van der Waals surface area contributed by atoms with Crippen molar-refractivity contribution >= 4 is 23.3 Å². The van der Waals surface area contributed by atoms with E-state index in [1.54, 1.807) is 12.1 Å². The highest BCUT2D eigenvalue weighted by molar-refractivity contribution is 6.31. The lowest BCUT2D eigenvalue weighted by molar-refractivity contribution is 0.0946. The van der Waals surface area contributed by atoms with Crippen molar-refractivity contribution in [3.05, 3.63) is 52.9 Å². The first kappa shape index (κ1) is 16.2. The number of nitrogens with zero attached hydrogens (tertiary/aromatic N) is 2. The minimum Gasteiger partial charge on any atom is -0.370 e. The summed E-state index contributed by atoms with van der Waals surface area (Å²) in [5, 5.41) is 6.61. The van der Waals surface area contributed by atoms with Crippen LogP contribution in [0.5, 0.6) is 0 Å². The summed E-state index contributed by atoms with van der Waals surface area (Å²) in [5.74, 6) is 0.883. The Morgan fingerprint density at radius 2 is 2.05 bits per heavy atom. The molecule has 1 amide bonds. The molecule has 0 bridgehead atoms. The molecule has 116 valence electrons. The van der Waals surface area contributed by atoms with Gasteiger partial charge in [0.25, 0.3) is 5.91 Å². The van der Waals surface area contributed by atoms with Gasteiger partial charge in [0, 0.05) is 24.2 Å². The van der Waals surface area contributed by atoms with Crippen molar-refractivity contribution in [1.82, 2.24) is 15.3 Å². The van der Waals surface area contributed by atoms with Crippen molar-refractivity contribution in [2.75, 3.05) is 11.9 Å². The first-order valence-corrected chi connectivity index (χ1v) is 7.51. The van der Waals surface area contributed by atoms with Crippen molar-refractivity contribution in [3.8, 4) is 0 Å². The molecule has 0 aliphatic rings. The monoisotopic (exact) mass is 318 g/mol. The van der Waals surface area contributed by atoms with Crippen LogP contribution in [0.2, 0.25) is 5.02 Å². The Morgan fingerprint density at radius 1 is 1.27 bits per heavy atom. The van der Waals surface area contributed by atoms with E-state index < -0.39 is 0 Å². The Bertz CT molecular complexity index is 646. The van der Waals surface area contributed by atoms with Gasteiger partial charge in [-0.15, -0.1) is 0 Å². The number of rotatable bonds is 6. The molecule has 0 fully saturated rings. The van der Waals surface area contributed by atoms with E-state index in [4.69, 9.17) is 11.6 Å². The molecule has 2 rings (SSSR count). The number of benzene rings is 1. The summed E-state index contributed by atoms with van der Waals surface area (Å²) in [6, 6.07) is 9.04. The summed E-state index contributed by atoms with van der Waals surface area (Å²) in [6.45, 7) is 5.35. The molecule has 22 heavy (non-hydrogen) atoms. The number of anilines is 1. The van der Waals surface area contributed by atoms with Gasteiger partial charge in [0.05, 0.1) is 0 Å². The minimum absolute atomic E-state index is 0.255. The minimum atomic E-state index is -0.255. The van der Waals surface area contributed by atoms with Crippen molar-refractivity contribution < 1.29 is 4.79 Å². The van der Waals surface area contributed by atoms with Gasteiger partial charge in [0.1, 0.15) is 17.8 Å². The van der Waals surface area contributed by atoms with Crippen molar-refractivity contribution in [1.29, 1.82) is 0 Å². The maximum atomic E-state index is 12.1.